The van der Waals surface area contributed by atoms with Crippen LogP contribution in [0, 0.1) is 0 Å². The average Bonchev–Trinajstić information content (AvgIpc) is 3.28. The van der Waals surface area contributed by atoms with Crippen LogP contribution in [0.25, 0.3) is 22.1 Å². The minimum Gasteiger partial charge on any atom is -0.356 e. The number of nitrogens with zero attached hydrogens (tertiary/aromatic N) is 4. The highest BCUT2D eigenvalue weighted by Crippen LogP contribution is 2.33. The minimum absolute atomic E-state index is 0.480. The molecule has 1 aliphatic heterocycles. The Morgan fingerprint density at radius 1 is 1.15 bits per heavy atom. The molecule has 4 aromatic rings. The van der Waals surface area contributed by atoms with Crippen molar-refractivity contribution in [3.63, 3.8) is 0 Å². The Balaban J connectivity index is 1.42. The number of H-pyrrole nitrogens is 2. The Morgan fingerprint density at radius 2 is 2.00 bits per heavy atom. The molecule has 8 heteroatoms. The summed E-state index contributed by atoms with van der Waals surface area (Å²) in [4.78, 5) is 22.2. The van der Waals surface area contributed by atoms with Crippen LogP contribution in [0.3, 0.4) is 0 Å². The standard InChI is InChI=1S/C18H18ClN7/c19-11-1-2-13-14(9-11)25-17(24-13)18(20)4-7-26(8-5-18)16-12-3-6-21-15(12)22-10-23-16/h1-3,6,9-10H,4-5,7-8,20H2,(H,24,25)(H,21,22,23). The molecule has 132 valence electrons. The highest BCUT2D eigenvalue weighted by molar-refractivity contribution is 6.31. The van der Waals surface area contributed by atoms with Gasteiger partial charge in [-0.1, -0.05) is 11.6 Å². The molecular formula is C18H18ClN7. The summed E-state index contributed by atoms with van der Waals surface area (Å²) in [6, 6.07) is 7.66. The predicted molar refractivity (Wildman–Crippen MR) is 102 cm³/mol. The number of hydrogen-bond donors (Lipinski definition) is 3. The first-order valence-corrected chi connectivity index (χ1v) is 8.98. The number of aromatic amines is 2. The number of benzene rings is 1. The van der Waals surface area contributed by atoms with Crippen molar-refractivity contribution in [2.75, 3.05) is 18.0 Å². The van der Waals surface area contributed by atoms with E-state index in [2.05, 4.69) is 24.8 Å². The van der Waals surface area contributed by atoms with Crippen LogP contribution in [0.2, 0.25) is 5.02 Å². The van der Waals surface area contributed by atoms with Gasteiger partial charge in [0, 0.05) is 24.3 Å². The number of aromatic nitrogens is 5. The molecule has 1 fully saturated rings. The van der Waals surface area contributed by atoms with Crippen molar-refractivity contribution in [1.29, 1.82) is 0 Å². The van der Waals surface area contributed by atoms with E-state index in [1.165, 1.54) is 0 Å². The molecular weight excluding hydrogens is 350 g/mol. The van der Waals surface area contributed by atoms with Crippen LogP contribution >= 0.6 is 11.6 Å². The fourth-order valence-electron chi connectivity index (χ4n) is 3.68. The van der Waals surface area contributed by atoms with Gasteiger partial charge in [0.25, 0.3) is 0 Å². The lowest BCUT2D eigenvalue weighted by Gasteiger charge is -2.38. The van der Waals surface area contributed by atoms with Crippen LogP contribution in [-0.2, 0) is 5.54 Å². The lowest BCUT2D eigenvalue weighted by molar-refractivity contribution is 0.327. The van der Waals surface area contributed by atoms with Crippen LogP contribution in [0.4, 0.5) is 5.82 Å². The van der Waals surface area contributed by atoms with Crippen molar-refractivity contribution in [1.82, 2.24) is 24.9 Å². The quantitative estimate of drug-likeness (QED) is 0.506. The van der Waals surface area contributed by atoms with Gasteiger partial charge in [0.1, 0.15) is 23.6 Å². The van der Waals surface area contributed by atoms with Crippen molar-refractivity contribution in [3.8, 4) is 0 Å². The number of rotatable bonds is 2. The monoisotopic (exact) mass is 367 g/mol. The molecule has 0 radical (unpaired) electrons. The highest BCUT2D eigenvalue weighted by Gasteiger charge is 2.36. The molecule has 0 bridgehead atoms. The van der Waals surface area contributed by atoms with E-state index in [0.29, 0.717) is 5.02 Å². The van der Waals surface area contributed by atoms with Crippen LogP contribution in [0.5, 0.6) is 0 Å². The summed E-state index contributed by atoms with van der Waals surface area (Å²) in [5.41, 5.74) is 8.91. The molecule has 0 unspecified atom stereocenters. The second-order valence-electron chi connectivity index (χ2n) is 6.83. The second-order valence-corrected chi connectivity index (χ2v) is 7.26. The maximum Gasteiger partial charge on any atom is 0.142 e. The molecule has 1 saturated heterocycles. The van der Waals surface area contributed by atoms with E-state index in [0.717, 1.165) is 59.6 Å². The molecule has 26 heavy (non-hydrogen) atoms. The number of nitrogens with one attached hydrogen (secondary N) is 2. The van der Waals surface area contributed by atoms with E-state index >= 15 is 0 Å². The van der Waals surface area contributed by atoms with Gasteiger partial charge in [0.05, 0.1) is 22.0 Å². The van der Waals surface area contributed by atoms with Crippen molar-refractivity contribution >= 4 is 39.5 Å². The fourth-order valence-corrected chi connectivity index (χ4v) is 3.85. The zero-order valence-electron chi connectivity index (χ0n) is 14.0. The number of anilines is 1. The zero-order chi connectivity index (χ0) is 17.7. The Kier molecular flexibility index (Phi) is 3.41. The topological polar surface area (TPSA) is 99.5 Å². The number of piperidine rings is 1. The number of nitrogens with two attached hydrogens (primary N) is 1. The summed E-state index contributed by atoms with van der Waals surface area (Å²) in [5, 5.41) is 1.73. The largest absolute Gasteiger partial charge is 0.356 e. The van der Waals surface area contributed by atoms with E-state index in [9.17, 15) is 0 Å². The van der Waals surface area contributed by atoms with Gasteiger partial charge < -0.3 is 20.6 Å². The summed E-state index contributed by atoms with van der Waals surface area (Å²) in [7, 11) is 0. The summed E-state index contributed by atoms with van der Waals surface area (Å²) >= 11 is 6.07. The van der Waals surface area contributed by atoms with Gasteiger partial charge in [0.2, 0.25) is 0 Å². The second kappa shape index (κ2) is 5.69. The molecule has 3 aromatic heterocycles. The first kappa shape index (κ1) is 15.6. The molecule has 0 spiro atoms. The lowest BCUT2D eigenvalue weighted by atomic mass is 9.88. The smallest absolute Gasteiger partial charge is 0.142 e. The molecule has 0 saturated carbocycles. The van der Waals surface area contributed by atoms with Gasteiger partial charge >= 0.3 is 0 Å². The van der Waals surface area contributed by atoms with Crippen LogP contribution < -0.4 is 10.6 Å². The zero-order valence-corrected chi connectivity index (χ0v) is 14.8. The number of halogens is 1. The molecule has 0 aliphatic carbocycles. The lowest BCUT2D eigenvalue weighted by Crippen LogP contribution is -2.49. The summed E-state index contributed by atoms with van der Waals surface area (Å²) in [6.07, 6.45) is 5.06. The third kappa shape index (κ3) is 2.43. The number of imidazole rings is 1. The van der Waals surface area contributed by atoms with Crippen molar-refractivity contribution < 1.29 is 0 Å². The fraction of sp³-hybridized carbons (Fsp3) is 0.278. The summed E-state index contributed by atoms with van der Waals surface area (Å²) in [5.74, 6) is 1.78. The molecule has 1 aromatic carbocycles. The van der Waals surface area contributed by atoms with Crippen LogP contribution in [0.1, 0.15) is 18.7 Å². The summed E-state index contributed by atoms with van der Waals surface area (Å²) < 4.78 is 0. The average molecular weight is 368 g/mol. The van der Waals surface area contributed by atoms with Crippen molar-refractivity contribution in [2.45, 2.75) is 18.4 Å². The van der Waals surface area contributed by atoms with E-state index in [-0.39, 0.29) is 0 Å². The Morgan fingerprint density at radius 3 is 2.85 bits per heavy atom. The van der Waals surface area contributed by atoms with Crippen LogP contribution in [0.15, 0.2) is 36.8 Å². The third-order valence-corrected chi connectivity index (χ3v) is 5.44. The van der Waals surface area contributed by atoms with Crippen molar-refractivity contribution in [2.24, 2.45) is 5.73 Å². The van der Waals surface area contributed by atoms with Gasteiger partial charge in [-0.05, 0) is 37.1 Å². The first-order valence-electron chi connectivity index (χ1n) is 8.60. The Labute approximate surface area is 154 Å². The highest BCUT2D eigenvalue weighted by atomic mass is 35.5. The first-order chi connectivity index (χ1) is 12.6. The van der Waals surface area contributed by atoms with Crippen LogP contribution in [-0.4, -0.2) is 38.0 Å². The predicted octanol–water partition coefficient (Wildman–Crippen LogP) is 2.94. The molecule has 1 aliphatic rings. The van der Waals surface area contributed by atoms with Gasteiger partial charge in [-0.3, -0.25) is 0 Å². The third-order valence-electron chi connectivity index (χ3n) is 5.20. The number of fused-ring (bicyclic) bond motifs is 2. The molecule has 5 rings (SSSR count). The van der Waals surface area contributed by atoms with Gasteiger partial charge in [-0.25, -0.2) is 15.0 Å². The molecule has 0 atom stereocenters. The number of hydrogen-bond acceptors (Lipinski definition) is 5. The van der Waals surface area contributed by atoms with Gasteiger partial charge in [-0.2, -0.15) is 0 Å². The maximum atomic E-state index is 6.72. The Hall–Kier alpha value is -2.64. The van der Waals surface area contributed by atoms with E-state index in [4.69, 9.17) is 22.3 Å². The molecule has 4 heterocycles. The van der Waals surface area contributed by atoms with E-state index in [1.54, 1.807) is 6.33 Å². The normalized spacial score (nSPS) is 17.2. The SMILES string of the molecule is NC1(c2nc3ccc(Cl)cc3[nH]2)CCN(c2ncnc3[nH]ccc23)CC1. The summed E-state index contributed by atoms with van der Waals surface area (Å²) in [6.45, 7) is 1.62. The van der Waals surface area contributed by atoms with Gasteiger partial charge in [-0.15, -0.1) is 0 Å². The van der Waals surface area contributed by atoms with Gasteiger partial charge in [0.15, 0.2) is 0 Å². The van der Waals surface area contributed by atoms with E-state index in [1.807, 2.05) is 30.5 Å². The molecule has 0 amide bonds. The van der Waals surface area contributed by atoms with Crippen molar-refractivity contribution in [3.05, 3.63) is 47.6 Å². The molecule has 4 N–H and O–H groups in total. The Bertz CT molecular complexity index is 1090. The maximum absolute atomic E-state index is 6.72. The van der Waals surface area contributed by atoms with E-state index < -0.39 is 5.54 Å². The molecule has 7 nitrogen and oxygen atoms in total. The minimum atomic E-state index is -0.480.